The second-order valence-corrected chi connectivity index (χ2v) is 5.89. The van der Waals surface area contributed by atoms with Crippen LogP contribution < -0.4 is 0 Å². The van der Waals surface area contributed by atoms with Gasteiger partial charge in [-0.15, -0.1) is 18.9 Å². The van der Waals surface area contributed by atoms with Gasteiger partial charge in [0.25, 0.3) is 0 Å². The fraction of sp³-hybridized carbons (Fsp3) is 0.647. The smallest absolute Gasteiger partial charge is 0.0571 e. The molecular weight excluding hydrogens is 220 g/mol. The lowest BCUT2D eigenvalue weighted by molar-refractivity contribution is 0.0828. The lowest BCUT2D eigenvalue weighted by Crippen LogP contribution is -2.38. The summed E-state index contributed by atoms with van der Waals surface area (Å²) < 4.78 is 0. The van der Waals surface area contributed by atoms with Gasteiger partial charge in [-0.25, -0.2) is 0 Å². The molecule has 2 aliphatic carbocycles. The summed E-state index contributed by atoms with van der Waals surface area (Å²) in [6, 6.07) is 0. The molecule has 1 fully saturated rings. The molecule has 0 heterocycles. The summed E-state index contributed by atoms with van der Waals surface area (Å²) in [5.41, 5.74) is 1.49. The molecule has 1 heteroatoms. The van der Waals surface area contributed by atoms with Gasteiger partial charge >= 0.3 is 0 Å². The van der Waals surface area contributed by atoms with Crippen molar-refractivity contribution in [3.8, 4) is 12.3 Å². The van der Waals surface area contributed by atoms with Crippen molar-refractivity contribution in [2.24, 2.45) is 29.6 Å². The lowest BCUT2D eigenvalue weighted by Gasteiger charge is -2.45. The zero-order valence-corrected chi connectivity index (χ0v) is 11.3. The van der Waals surface area contributed by atoms with Crippen molar-refractivity contribution in [1.29, 1.82) is 0 Å². The van der Waals surface area contributed by atoms with Gasteiger partial charge < -0.3 is 5.11 Å². The SMILES string of the molecule is C#C[C@H](CO)[C@@H]1CC[C@@H](C=C)C2CCC(C)=CC21. The van der Waals surface area contributed by atoms with Crippen LogP contribution in [-0.2, 0) is 0 Å². The minimum Gasteiger partial charge on any atom is -0.395 e. The van der Waals surface area contributed by atoms with Crippen molar-refractivity contribution in [2.75, 3.05) is 6.61 Å². The van der Waals surface area contributed by atoms with E-state index in [9.17, 15) is 5.11 Å². The molecule has 2 rings (SSSR count). The van der Waals surface area contributed by atoms with E-state index in [0.717, 1.165) is 6.42 Å². The van der Waals surface area contributed by atoms with Crippen LogP contribution in [0.15, 0.2) is 24.3 Å². The van der Waals surface area contributed by atoms with Gasteiger partial charge in [0.05, 0.1) is 6.61 Å². The number of fused-ring (bicyclic) bond motifs is 1. The highest BCUT2D eigenvalue weighted by atomic mass is 16.3. The molecule has 0 aromatic heterocycles. The van der Waals surface area contributed by atoms with E-state index in [2.05, 4.69) is 31.6 Å². The molecule has 0 aliphatic heterocycles. The predicted molar refractivity (Wildman–Crippen MR) is 75.8 cm³/mol. The first kappa shape index (κ1) is 13.4. The molecule has 0 amide bonds. The van der Waals surface area contributed by atoms with Gasteiger partial charge in [-0.05, 0) is 56.3 Å². The van der Waals surface area contributed by atoms with Crippen molar-refractivity contribution in [3.63, 3.8) is 0 Å². The maximum Gasteiger partial charge on any atom is 0.0571 e. The number of allylic oxidation sites excluding steroid dienone is 3. The quantitative estimate of drug-likeness (QED) is 0.596. The summed E-state index contributed by atoms with van der Waals surface area (Å²) >= 11 is 0. The standard InChI is InChI=1S/C17H24O/c1-4-13-7-9-16(14(5-2)11-18)17-10-12(3)6-8-15(13)17/h2,4,10,13-18H,1,6-9,11H2,3H3/t13-,14-,15?,16+,17?/m1/s1. The van der Waals surface area contributed by atoms with Crippen LogP contribution in [-0.4, -0.2) is 11.7 Å². The van der Waals surface area contributed by atoms with Gasteiger partial charge in [-0.3, -0.25) is 0 Å². The maximum atomic E-state index is 9.47. The summed E-state index contributed by atoms with van der Waals surface area (Å²) in [4.78, 5) is 0. The Kier molecular flexibility index (Phi) is 4.30. The normalized spacial score (nSPS) is 37.1. The van der Waals surface area contributed by atoms with Crippen LogP contribution >= 0.6 is 0 Å². The molecule has 1 nitrogen and oxygen atoms in total. The van der Waals surface area contributed by atoms with E-state index in [1.165, 1.54) is 24.8 Å². The van der Waals surface area contributed by atoms with E-state index in [-0.39, 0.29) is 12.5 Å². The topological polar surface area (TPSA) is 20.2 Å². The van der Waals surface area contributed by atoms with Crippen LogP contribution in [0.2, 0.25) is 0 Å². The molecular formula is C17H24O. The molecule has 0 spiro atoms. The molecule has 1 saturated carbocycles. The van der Waals surface area contributed by atoms with E-state index in [0.29, 0.717) is 23.7 Å². The van der Waals surface area contributed by atoms with Crippen LogP contribution in [0.5, 0.6) is 0 Å². The van der Waals surface area contributed by atoms with Crippen molar-refractivity contribution in [1.82, 2.24) is 0 Å². The maximum absolute atomic E-state index is 9.47. The molecule has 5 atom stereocenters. The second-order valence-electron chi connectivity index (χ2n) is 5.89. The van der Waals surface area contributed by atoms with E-state index in [1.807, 2.05) is 0 Å². The fourth-order valence-electron chi connectivity index (χ4n) is 3.93. The van der Waals surface area contributed by atoms with Gasteiger partial charge in [0.1, 0.15) is 0 Å². The molecule has 2 aliphatic rings. The Labute approximate surface area is 111 Å². The second kappa shape index (κ2) is 5.76. The lowest BCUT2D eigenvalue weighted by atomic mass is 9.59. The molecule has 0 saturated heterocycles. The summed E-state index contributed by atoms with van der Waals surface area (Å²) in [7, 11) is 0. The largest absolute Gasteiger partial charge is 0.395 e. The molecule has 2 unspecified atom stereocenters. The van der Waals surface area contributed by atoms with Gasteiger partial charge in [0.2, 0.25) is 0 Å². The Hall–Kier alpha value is -1.00. The Morgan fingerprint density at radius 3 is 2.94 bits per heavy atom. The number of hydrogen-bond acceptors (Lipinski definition) is 1. The summed E-state index contributed by atoms with van der Waals surface area (Å²) in [6.45, 7) is 6.33. The van der Waals surface area contributed by atoms with Crippen LogP contribution in [0.4, 0.5) is 0 Å². The van der Waals surface area contributed by atoms with E-state index >= 15 is 0 Å². The molecule has 0 aromatic carbocycles. The van der Waals surface area contributed by atoms with Crippen LogP contribution in [0.25, 0.3) is 0 Å². The number of rotatable bonds is 3. The average Bonchev–Trinajstić information content (AvgIpc) is 2.40. The number of aliphatic hydroxyl groups excluding tert-OH is 1. The Morgan fingerprint density at radius 2 is 2.33 bits per heavy atom. The van der Waals surface area contributed by atoms with Gasteiger partial charge in [-0.1, -0.05) is 17.7 Å². The van der Waals surface area contributed by atoms with Crippen molar-refractivity contribution in [3.05, 3.63) is 24.3 Å². The first-order valence-electron chi connectivity index (χ1n) is 7.08. The van der Waals surface area contributed by atoms with Gasteiger partial charge in [0.15, 0.2) is 0 Å². The van der Waals surface area contributed by atoms with E-state index in [4.69, 9.17) is 6.42 Å². The molecule has 0 aromatic rings. The van der Waals surface area contributed by atoms with Crippen molar-refractivity contribution >= 4 is 0 Å². The Balaban J connectivity index is 2.26. The zero-order valence-electron chi connectivity index (χ0n) is 11.3. The minimum atomic E-state index is 0.0189. The first-order valence-corrected chi connectivity index (χ1v) is 7.08. The average molecular weight is 244 g/mol. The third kappa shape index (κ3) is 2.40. The summed E-state index contributed by atoms with van der Waals surface area (Å²) in [6.07, 6.45) is 14.9. The fourth-order valence-corrected chi connectivity index (χ4v) is 3.93. The van der Waals surface area contributed by atoms with Gasteiger partial charge in [0, 0.05) is 5.92 Å². The van der Waals surface area contributed by atoms with Crippen LogP contribution in [0, 0.1) is 41.9 Å². The first-order chi connectivity index (χ1) is 8.71. The predicted octanol–water partition coefficient (Wildman–Crippen LogP) is 3.41. The van der Waals surface area contributed by atoms with E-state index < -0.39 is 0 Å². The number of hydrogen-bond donors (Lipinski definition) is 1. The molecule has 98 valence electrons. The van der Waals surface area contributed by atoms with Crippen LogP contribution in [0.1, 0.15) is 32.6 Å². The van der Waals surface area contributed by atoms with Crippen LogP contribution in [0.3, 0.4) is 0 Å². The van der Waals surface area contributed by atoms with Gasteiger partial charge in [-0.2, -0.15) is 0 Å². The minimum absolute atomic E-state index is 0.0189. The molecule has 0 bridgehead atoms. The highest BCUT2D eigenvalue weighted by Gasteiger charge is 2.40. The summed E-state index contributed by atoms with van der Waals surface area (Å²) in [5, 5.41) is 9.47. The number of terminal acetylenes is 1. The molecule has 1 N–H and O–H groups in total. The number of aliphatic hydroxyl groups is 1. The van der Waals surface area contributed by atoms with Crippen molar-refractivity contribution in [2.45, 2.75) is 32.6 Å². The molecule has 0 radical (unpaired) electrons. The Bertz CT molecular complexity index is 374. The highest BCUT2D eigenvalue weighted by Crippen LogP contribution is 2.48. The Morgan fingerprint density at radius 1 is 1.56 bits per heavy atom. The monoisotopic (exact) mass is 244 g/mol. The highest BCUT2D eigenvalue weighted by molar-refractivity contribution is 5.15. The third-order valence-corrected chi connectivity index (χ3v) is 4.95. The van der Waals surface area contributed by atoms with Crippen molar-refractivity contribution < 1.29 is 5.11 Å². The molecule has 18 heavy (non-hydrogen) atoms. The summed E-state index contributed by atoms with van der Waals surface area (Å²) in [5.74, 6) is 5.14. The van der Waals surface area contributed by atoms with E-state index in [1.54, 1.807) is 0 Å². The zero-order chi connectivity index (χ0) is 13.1. The third-order valence-electron chi connectivity index (χ3n) is 4.95.